The van der Waals surface area contributed by atoms with E-state index >= 15 is 0 Å². The molecule has 0 spiro atoms. The Labute approximate surface area is 319 Å². The van der Waals surface area contributed by atoms with Gasteiger partial charge in [0.05, 0.1) is 31.5 Å². The third kappa shape index (κ3) is 12.6. The normalized spacial score (nSPS) is 15.1. The SMILES string of the molecule is COC(=O)NCC(C)(C)CC(=O)NN(Cc1ccccc1)CC(O)C(Cc1ccccc1)NC(=O)C(N1CCN(Cc2cccc(C)n2)C1=O)C(C)(C)C. The molecule has 2 heterocycles. The Morgan fingerprint density at radius 3 is 2.19 bits per heavy atom. The summed E-state index contributed by atoms with van der Waals surface area (Å²) in [6.07, 6.45) is -1.32. The number of methoxy groups -OCH3 is 1. The van der Waals surface area contributed by atoms with Crippen LogP contribution >= 0.6 is 0 Å². The molecule has 1 aliphatic rings. The fraction of sp³-hybridized carbons (Fsp3) is 0.488. The lowest BCUT2D eigenvalue weighted by atomic mass is 9.84. The lowest BCUT2D eigenvalue weighted by Crippen LogP contribution is -2.59. The van der Waals surface area contributed by atoms with Crippen LogP contribution in [-0.4, -0.2) is 100 Å². The first-order valence-electron chi connectivity index (χ1n) is 18.5. The zero-order valence-corrected chi connectivity index (χ0v) is 32.7. The number of hydrazine groups is 1. The molecule has 0 saturated carbocycles. The number of hydrogen-bond acceptors (Lipinski definition) is 8. The molecule has 292 valence electrons. The van der Waals surface area contributed by atoms with Crippen molar-refractivity contribution in [2.45, 2.75) is 85.7 Å². The van der Waals surface area contributed by atoms with Crippen LogP contribution in [0.25, 0.3) is 0 Å². The van der Waals surface area contributed by atoms with E-state index in [2.05, 4.69) is 25.8 Å². The average molecular weight is 744 g/mol. The van der Waals surface area contributed by atoms with Crippen LogP contribution in [0.4, 0.5) is 9.59 Å². The van der Waals surface area contributed by atoms with E-state index < -0.39 is 35.1 Å². The number of nitrogens with one attached hydrogen (secondary N) is 3. The number of amides is 5. The zero-order valence-electron chi connectivity index (χ0n) is 32.7. The highest BCUT2D eigenvalue weighted by Gasteiger charge is 2.44. The van der Waals surface area contributed by atoms with E-state index in [1.165, 1.54) is 7.11 Å². The first-order valence-corrected chi connectivity index (χ1v) is 18.5. The van der Waals surface area contributed by atoms with Gasteiger partial charge in [-0.3, -0.25) is 20.0 Å². The summed E-state index contributed by atoms with van der Waals surface area (Å²) in [6.45, 7) is 13.1. The van der Waals surface area contributed by atoms with Gasteiger partial charge in [0.2, 0.25) is 11.8 Å². The number of urea groups is 1. The highest BCUT2D eigenvalue weighted by molar-refractivity contribution is 5.89. The zero-order chi connectivity index (χ0) is 39.5. The van der Waals surface area contributed by atoms with Crippen LogP contribution in [0.5, 0.6) is 0 Å². The summed E-state index contributed by atoms with van der Waals surface area (Å²) in [6, 6.07) is 23.0. The van der Waals surface area contributed by atoms with Gasteiger partial charge in [0, 0.05) is 44.8 Å². The fourth-order valence-corrected chi connectivity index (χ4v) is 6.69. The van der Waals surface area contributed by atoms with Crippen molar-refractivity contribution >= 4 is 23.9 Å². The van der Waals surface area contributed by atoms with Crippen LogP contribution in [0.1, 0.15) is 63.6 Å². The lowest BCUT2D eigenvalue weighted by molar-refractivity contribution is -0.132. The summed E-state index contributed by atoms with van der Waals surface area (Å²) < 4.78 is 4.67. The number of hydrogen-bond donors (Lipinski definition) is 4. The van der Waals surface area contributed by atoms with E-state index in [0.717, 1.165) is 22.5 Å². The number of ether oxygens (including phenoxy) is 1. The molecular formula is C41H57N7O6. The lowest BCUT2D eigenvalue weighted by Gasteiger charge is -2.38. The molecule has 1 saturated heterocycles. The van der Waals surface area contributed by atoms with Crippen molar-refractivity contribution in [3.63, 3.8) is 0 Å². The molecule has 4 N–H and O–H groups in total. The van der Waals surface area contributed by atoms with Gasteiger partial charge in [-0.2, -0.15) is 0 Å². The highest BCUT2D eigenvalue weighted by Crippen LogP contribution is 2.29. The second-order valence-corrected chi connectivity index (χ2v) is 15.9. The molecule has 0 aliphatic carbocycles. The van der Waals surface area contributed by atoms with Gasteiger partial charge >= 0.3 is 12.1 Å². The predicted octanol–water partition coefficient (Wildman–Crippen LogP) is 4.44. The van der Waals surface area contributed by atoms with Gasteiger partial charge in [0.25, 0.3) is 0 Å². The number of nitrogens with zero attached hydrogens (tertiary/aromatic N) is 4. The summed E-state index contributed by atoms with van der Waals surface area (Å²) in [5, 5.41) is 19.4. The van der Waals surface area contributed by atoms with Gasteiger partial charge in [-0.05, 0) is 47.4 Å². The van der Waals surface area contributed by atoms with Gasteiger partial charge < -0.3 is 30.3 Å². The molecule has 3 atom stereocenters. The molecule has 54 heavy (non-hydrogen) atoms. The number of carbonyl (C=O) groups excluding carboxylic acids is 4. The van der Waals surface area contributed by atoms with Crippen LogP contribution in [-0.2, 0) is 33.8 Å². The molecule has 1 fully saturated rings. The summed E-state index contributed by atoms with van der Waals surface area (Å²) in [5.41, 5.74) is 5.19. The van der Waals surface area contributed by atoms with E-state index in [0.29, 0.717) is 26.1 Å². The fourth-order valence-electron chi connectivity index (χ4n) is 6.69. The Hall–Kier alpha value is -5.01. The molecule has 5 amide bonds. The van der Waals surface area contributed by atoms with Gasteiger partial charge in [-0.25, -0.2) is 14.6 Å². The summed E-state index contributed by atoms with van der Waals surface area (Å²) in [7, 11) is 1.28. The Morgan fingerprint density at radius 1 is 0.926 bits per heavy atom. The number of aromatic nitrogens is 1. The molecule has 3 aromatic rings. The smallest absolute Gasteiger partial charge is 0.406 e. The quantitative estimate of drug-likeness (QED) is 0.148. The molecule has 1 aromatic heterocycles. The largest absolute Gasteiger partial charge is 0.453 e. The van der Waals surface area contributed by atoms with Crippen molar-refractivity contribution < 1.29 is 29.0 Å². The van der Waals surface area contributed by atoms with Crippen molar-refractivity contribution in [1.82, 2.24) is 35.9 Å². The topological polar surface area (TPSA) is 156 Å². The van der Waals surface area contributed by atoms with E-state index in [9.17, 15) is 24.3 Å². The van der Waals surface area contributed by atoms with Gasteiger partial charge in [-0.1, -0.05) is 101 Å². The average Bonchev–Trinajstić information content (AvgIpc) is 3.45. The maximum Gasteiger partial charge on any atom is 0.406 e. The maximum atomic E-state index is 14.4. The number of carbonyl (C=O) groups is 4. The van der Waals surface area contributed by atoms with E-state index in [-0.39, 0.29) is 43.9 Å². The van der Waals surface area contributed by atoms with Crippen molar-refractivity contribution in [2.24, 2.45) is 10.8 Å². The van der Waals surface area contributed by atoms with Crippen LogP contribution in [0.3, 0.4) is 0 Å². The monoisotopic (exact) mass is 743 g/mol. The summed E-state index contributed by atoms with van der Waals surface area (Å²) >= 11 is 0. The highest BCUT2D eigenvalue weighted by atomic mass is 16.5. The number of aliphatic hydroxyl groups excluding tert-OH is 1. The van der Waals surface area contributed by atoms with E-state index in [4.69, 9.17) is 0 Å². The molecular weight excluding hydrogens is 686 g/mol. The second-order valence-electron chi connectivity index (χ2n) is 15.9. The summed E-state index contributed by atoms with van der Waals surface area (Å²) in [4.78, 5) is 61.2. The van der Waals surface area contributed by atoms with Crippen LogP contribution in [0.2, 0.25) is 0 Å². The van der Waals surface area contributed by atoms with Crippen LogP contribution in [0.15, 0.2) is 78.9 Å². The van der Waals surface area contributed by atoms with Crippen LogP contribution < -0.4 is 16.1 Å². The van der Waals surface area contributed by atoms with E-state index in [1.807, 2.05) is 120 Å². The van der Waals surface area contributed by atoms with Gasteiger partial charge in [0.15, 0.2) is 0 Å². The molecule has 0 radical (unpaired) electrons. The Balaban J connectivity index is 1.54. The number of pyridine rings is 1. The number of aliphatic hydroxyl groups is 1. The first kappa shape index (κ1) is 41.7. The van der Waals surface area contributed by atoms with Crippen molar-refractivity contribution in [1.29, 1.82) is 0 Å². The maximum absolute atomic E-state index is 14.4. The number of benzene rings is 2. The van der Waals surface area contributed by atoms with Crippen molar-refractivity contribution in [3.05, 3.63) is 101 Å². The van der Waals surface area contributed by atoms with Crippen LogP contribution in [0, 0.1) is 17.8 Å². The first-order chi connectivity index (χ1) is 25.5. The molecule has 13 heteroatoms. The second kappa shape index (κ2) is 18.8. The molecule has 4 rings (SSSR count). The van der Waals surface area contributed by atoms with E-state index in [1.54, 1.807) is 14.8 Å². The minimum Gasteiger partial charge on any atom is -0.453 e. The number of rotatable bonds is 17. The Morgan fingerprint density at radius 2 is 1.57 bits per heavy atom. The molecule has 13 nitrogen and oxygen atoms in total. The third-order valence-electron chi connectivity index (χ3n) is 9.34. The Kier molecular flexibility index (Phi) is 14.6. The standard InChI is InChI=1S/C41H57N7O6/c1-29-15-14-20-32(43-29)26-46-21-22-48(39(46)53)36(40(2,3)4)37(51)44-33(23-30-16-10-8-11-17-30)34(49)27-47(25-31-18-12-9-13-19-31)45-35(50)24-41(5,6)28-42-38(52)54-7/h8-20,33-34,36,49H,21-28H2,1-7H3,(H,42,52)(H,44,51)(H,45,50). The minimum absolute atomic E-state index is 0.0145. The van der Waals surface area contributed by atoms with Crippen molar-refractivity contribution in [3.8, 4) is 0 Å². The van der Waals surface area contributed by atoms with Gasteiger partial charge in [-0.15, -0.1) is 0 Å². The van der Waals surface area contributed by atoms with Gasteiger partial charge in [0.1, 0.15) is 6.04 Å². The summed E-state index contributed by atoms with van der Waals surface area (Å²) in [5.74, 6) is -0.672. The predicted molar refractivity (Wildman–Crippen MR) is 207 cm³/mol. The molecule has 0 bridgehead atoms. The minimum atomic E-state index is -1.13. The molecule has 1 aliphatic heterocycles. The Bertz CT molecular complexity index is 1700. The third-order valence-corrected chi connectivity index (χ3v) is 9.34. The number of aryl methyl sites for hydroxylation is 1. The molecule has 2 aromatic carbocycles. The molecule has 3 unspecified atom stereocenters. The van der Waals surface area contributed by atoms with Crippen molar-refractivity contribution in [2.75, 3.05) is 33.3 Å². The number of alkyl carbamates (subject to hydrolysis) is 1.